The predicted octanol–water partition coefficient (Wildman–Crippen LogP) is 4.68. The number of hydrogen-bond donors (Lipinski definition) is 1. The van der Waals surface area contributed by atoms with E-state index in [1.807, 2.05) is 54.6 Å². The van der Waals surface area contributed by atoms with Crippen molar-refractivity contribution in [3.05, 3.63) is 96.1 Å². The molecule has 6 heteroatoms. The van der Waals surface area contributed by atoms with E-state index < -0.39 is 0 Å². The van der Waals surface area contributed by atoms with E-state index in [0.29, 0.717) is 24.6 Å². The topological polar surface area (TPSA) is 80.9 Å². The first kappa shape index (κ1) is 19.5. The Morgan fingerprint density at radius 3 is 2.53 bits per heavy atom. The summed E-state index contributed by atoms with van der Waals surface area (Å²) in [5, 5.41) is 7.06. The van der Waals surface area contributed by atoms with Crippen LogP contribution in [0.1, 0.15) is 29.9 Å². The number of amides is 1. The molecule has 6 nitrogen and oxygen atoms in total. The number of aryl methyl sites for hydroxylation is 1. The number of aromatic nitrogens is 3. The molecule has 1 amide bonds. The van der Waals surface area contributed by atoms with E-state index in [9.17, 15) is 4.79 Å². The average Bonchev–Trinajstić information content (AvgIpc) is 3.25. The third kappa shape index (κ3) is 5.17. The zero-order valence-electron chi connectivity index (χ0n) is 16.5. The summed E-state index contributed by atoms with van der Waals surface area (Å²) >= 11 is 0. The molecule has 0 saturated carbocycles. The number of anilines is 1. The molecule has 150 valence electrons. The van der Waals surface area contributed by atoms with Gasteiger partial charge in [0.1, 0.15) is 0 Å². The van der Waals surface area contributed by atoms with Crippen LogP contribution in [0.4, 0.5) is 5.69 Å². The second kappa shape index (κ2) is 9.60. The summed E-state index contributed by atoms with van der Waals surface area (Å²) in [6.07, 6.45) is 5.98. The molecule has 0 spiro atoms. The second-order valence-corrected chi connectivity index (χ2v) is 6.97. The Hall–Kier alpha value is -3.80. The normalized spacial score (nSPS) is 10.7. The lowest BCUT2D eigenvalue weighted by Crippen LogP contribution is -2.13. The smallest absolute Gasteiger partial charge is 0.231 e. The van der Waals surface area contributed by atoms with Gasteiger partial charge < -0.3 is 9.84 Å². The average molecular weight is 398 g/mol. The molecule has 0 aliphatic carbocycles. The van der Waals surface area contributed by atoms with Crippen LogP contribution in [0.3, 0.4) is 0 Å². The van der Waals surface area contributed by atoms with Gasteiger partial charge in [0.25, 0.3) is 0 Å². The quantitative estimate of drug-likeness (QED) is 0.466. The molecule has 0 unspecified atom stereocenters. The third-order valence-electron chi connectivity index (χ3n) is 4.75. The number of rotatable bonds is 8. The number of nitrogens with zero attached hydrogens (tertiary/aromatic N) is 3. The minimum Gasteiger partial charge on any atom is -0.339 e. The third-order valence-corrected chi connectivity index (χ3v) is 4.75. The Labute approximate surface area is 175 Å². The molecular formula is C24H22N4O2. The van der Waals surface area contributed by atoms with Crippen molar-refractivity contribution < 1.29 is 9.32 Å². The van der Waals surface area contributed by atoms with Crippen molar-refractivity contribution in [1.82, 2.24) is 15.1 Å². The van der Waals surface area contributed by atoms with E-state index in [1.165, 1.54) is 5.56 Å². The number of benzene rings is 2. The maximum absolute atomic E-state index is 12.4. The Bertz CT molecular complexity index is 1090. The SMILES string of the molecule is O=C(CCCc1ccccc1)Nc1ccccc1Cc1nc(-c2ccncc2)no1. The predicted molar refractivity (Wildman–Crippen MR) is 115 cm³/mol. The highest BCUT2D eigenvalue weighted by Crippen LogP contribution is 2.21. The van der Waals surface area contributed by atoms with Gasteiger partial charge in [-0.1, -0.05) is 53.7 Å². The molecule has 1 N–H and O–H groups in total. The van der Waals surface area contributed by atoms with Crippen molar-refractivity contribution in [2.24, 2.45) is 0 Å². The number of carbonyl (C=O) groups excluding carboxylic acids is 1. The molecule has 0 aliphatic rings. The van der Waals surface area contributed by atoms with Crippen LogP contribution in [0.15, 0.2) is 83.6 Å². The molecule has 0 saturated heterocycles. The Balaban J connectivity index is 1.37. The lowest BCUT2D eigenvalue weighted by Gasteiger charge is -2.10. The summed E-state index contributed by atoms with van der Waals surface area (Å²) in [5.74, 6) is 1.02. The van der Waals surface area contributed by atoms with Crippen LogP contribution in [0, 0.1) is 0 Å². The highest BCUT2D eigenvalue weighted by Gasteiger charge is 2.12. The Morgan fingerprint density at radius 1 is 0.933 bits per heavy atom. The van der Waals surface area contributed by atoms with Crippen LogP contribution in [0.25, 0.3) is 11.4 Å². The van der Waals surface area contributed by atoms with Crippen molar-refractivity contribution in [3.63, 3.8) is 0 Å². The van der Waals surface area contributed by atoms with Gasteiger partial charge in [0.05, 0.1) is 6.42 Å². The fraction of sp³-hybridized carbons (Fsp3) is 0.167. The monoisotopic (exact) mass is 398 g/mol. The number of para-hydroxylation sites is 1. The number of nitrogens with one attached hydrogen (secondary N) is 1. The summed E-state index contributed by atoms with van der Waals surface area (Å²) in [7, 11) is 0. The van der Waals surface area contributed by atoms with E-state index in [2.05, 4.69) is 32.6 Å². The van der Waals surface area contributed by atoms with E-state index in [-0.39, 0.29) is 5.91 Å². The van der Waals surface area contributed by atoms with Crippen molar-refractivity contribution in [3.8, 4) is 11.4 Å². The molecule has 2 aromatic carbocycles. The first-order valence-corrected chi connectivity index (χ1v) is 9.92. The van der Waals surface area contributed by atoms with Gasteiger partial charge in [-0.2, -0.15) is 4.98 Å². The highest BCUT2D eigenvalue weighted by molar-refractivity contribution is 5.91. The summed E-state index contributed by atoms with van der Waals surface area (Å²) in [6.45, 7) is 0. The molecule has 0 radical (unpaired) electrons. The minimum absolute atomic E-state index is 0.00128. The van der Waals surface area contributed by atoms with Crippen LogP contribution >= 0.6 is 0 Å². The van der Waals surface area contributed by atoms with Crippen LogP contribution < -0.4 is 5.32 Å². The van der Waals surface area contributed by atoms with Gasteiger partial charge in [-0.05, 0) is 42.2 Å². The van der Waals surface area contributed by atoms with Gasteiger partial charge in [-0.15, -0.1) is 0 Å². The highest BCUT2D eigenvalue weighted by atomic mass is 16.5. The maximum Gasteiger partial charge on any atom is 0.231 e. The first-order chi connectivity index (χ1) is 14.8. The van der Waals surface area contributed by atoms with Crippen molar-refractivity contribution >= 4 is 11.6 Å². The first-order valence-electron chi connectivity index (χ1n) is 9.92. The van der Waals surface area contributed by atoms with Crippen LogP contribution in [0.2, 0.25) is 0 Å². The fourth-order valence-electron chi connectivity index (χ4n) is 3.21. The van der Waals surface area contributed by atoms with Gasteiger partial charge >= 0.3 is 0 Å². The van der Waals surface area contributed by atoms with E-state index >= 15 is 0 Å². The summed E-state index contributed by atoms with van der Waals surface area (Å²) in [4.78, 5) is 20.9. The standard InChI is InChI=1S/C24H22N4O2/c29-22(12-6-9-18-7-2-1-3-8-18)26-21-11-5-4-10-20(21)17-23-27-24(28-30-23)19-13-15-25-16-14-19/h1-5,7-8,10-11,13-16H,6,9,12,17H2,(H,26,29). The van der Waals surface area contributed by atoms with Gasteiger partial charge in [0, 0.05) is 30.1 Å². The minimum atomic E-state index is 0.00128. The van der Waals surface area contributed by atoms with E-state index in [4.69, 9.17) is 4.52 Å². The zero-order chi connectivity index (χ0) is 20.6. The molecule has 4 aromatic rings. The summed E-state index contributed by atoms with van der Waals surface area (Å²) in [6, 6.07) is 21.5. The molecule has 0 aliphatic heterocycles. The van der Waals surface area contributed by atoms with Crippen molar-refractivity contribution in [2.75, 3.05) is 5.32 Å². The Morgan fingerprint density at radius 2 is 1.70 bits per heavy atom. The molecule has 2 heterocycles. The van der Waals surface area contributed by atoms with Crippen LogP contribution in [0.5, 0.6) is 0 Å². The van der Waals surface area contributed by atoms with Gasteiger partial charge in [-0.25, -0.2) is 0 Å². The van der Waals surface area contributed by atoms with E-state index in [0.717, 1.165) is 29.7 Å². The van der Waals surface area contributed by atoms with Crippen LogP contribution in [-0.4, -0.2) is 21.0 Å². The number of hydrogen-bond acceptors (Lipinski definition) is 5. The van der Waals surface area contributed by atoms with Crippen molar-refractivity contribution in [2.45, 2.75) is 25.7 Å². The van der Waals surface area contributed by atoms with Gasteiger partial charge in [-0.3, -0.25) is 9.78 Å². The maximum atomic E-state index is 12.4. The molecule has 0 atom stereocenters. The van der Waals surface area contributed by atoms with E-state index in [1.54, 1.807) is 12.4 Å². The number of carbonyl (C=O) groups is 1. The summed E-state index contributed by atoms with van der Waals surface area (Å²) < 4.78 is 5.40. The molecule has 0 fully saturated rings. The molecule has 0 bridgehead atoms. The second-order valence-electron chi connectivity index (χ2n) is 6.97. The zero-order valence-corrected chi connectivity index (χ0v) is 16.5. The van der Waals surface area contributed by atoms with Gasteiger partial charge in [0.15, 0.2) is 0 Å². The molecule has 4 rings (SSSR count). The summed E-state index contributed by atoms with van der Waals surface area (Å²) in [5.41, 5.74) is 3.79. The lowest BCUT2D eigenvalue weighted by atomic mass is 10.1. The van der Waals surface area contributed by atoms with Crippen molar-refractivity contribution in [1.29, 1.82) is 0 Å². The molecule has 30 heavy (non-hydrogen) atoms. The molecule has 2 aromatic heterocycles. The fourth-order valence-corrected chi connectivity index (χ4v) is 3.21. The molecular weight excluding hydrogens is 376 g/mol. The largest absolute Gasteiger partial charge is 0.339 e. The van der Waals surface area contributed by atoms with Gasteiger partial charge in [0.2, 0.25) is 17.6 Å². The lowest BCUT2D eigenvalue weighted by molar-refractivity contribution is -0.116. The van der Waals surface area contributed by atoms with Crippen LogP contribution in [-0.2, 0) is 17.6 Å². The number of pyridine rings is 1. The Kier molecular flexibility index (Phi) is 6.25.